The number of pyridine rings is 1. The molecule has 1 aromatic rings. The Hall–Kier alpha value is -2.31. The smallest absolute Gasteiger partial charge is 0.343 e. The number of ether oxygens (including phenoxy) is 2. The zero-order valence-corrected chi connectivity index (χ0v) is 12.4. The minimum absolute atomic E-state index is 0.0893. The molecular weight excluding hydrogens is 276 g/mol. The Labute approximate surface area is 123 Å². The van der Waals surface area contributed by atoms with Crippen LogP contribution in [0.4, 0.5) is 5.82 Å². The van der Waals surface area contributed by atoms with Gasteiger partial charge in [0, 0.05) is 0 Å². The molecule has 0 amide bonds. The van der Waals surface area contributed by atoms with E-state index in [1.165, 1.54) is 26.4 Å². The summed E-state index contributed by atoms with van der Waals surface area (Å²) in [4.78, 5) is 26.8. The van der Waals surface area contributed by atoms with E-state index < -0.39 is 18.0 Å². The zero-order chi connectivity index (χ0) is 15.8. The summed E-state index contributed by atoms with van der Waals surface area (Å²) in [6.45, 7) is 1.99. The van der Waals surface area contributed by atoms with Crippen molar-refractivity contribution in [3.63, 3.8) is 0 Å². The second kappa shape index (κ2) is 8.08. The van der Waals surface area contributed by atoms with Gasteiger partial charge in [0.05, 0.1) is 14.2 Å². The molecule has 0 bridgehead atoms. The standard InChI is InChI=1S/C14H20N2O5/c1-4-5-6-10(13(17)18)15-11-8-7-9(14(19)21-3)12(16-11)20-2/h7-8,10H,4-6H2,1-3H3,(H,15,16)(H,17,18). The summed E-state index contributed by atoms with van der Waals surface area (Å²) in [6.07, 6.45) is 2.19. The van der Waals surface area contributed by atoms with Crippen molar-refractivity contribution < 1.29 is 24.2 Å². The molecule has 2 N–H and O–H groups in total. The average molecular weight is 296 g/mol. The number of aromatic nitrogens is 1. The lowest BCUT2D eigenvalue weighted by Gasteiger charge is -2.15. The fourth-order valence-electron chi connectivity index (χ4n) is 1.79. The van der Waals surface area contributed by atoms with Gasteiger partial charge in [0.15, 0.2) is 0 Å². The Bertz CT molecular complexity index is 504. The van der Waals surface area contributed by atoms with E-state index in [0.717, 1.165) is 12.8 Å². The number of methoxy groups -OCH3 is 2. The van der Waals surface area contributed by atoms with Crippen LogP contribution in [0.5, 0.6) is 5.88 Å². The van der Waals surface area contributed by atoms with E-state index in [0.29, 0.717) is 12.2 Å². The van der Waals surface area contributed by atoms with Crippen molar-refractivity contribution in [1.82, 2.24) is 4.98 Å². The molecule has 116 valence electrons. The molecule has 1 rings (SSSR count). The molecule has 0 fully saturated rings. The number of carbonyl (C=O) groups excluding carboxylic acids is 1. The lowest BCUT2D eigenvalue weighted by Crippen LogP contribution is -2.29. The number of nitrogens with one attached hydrogen (secondary N) is 1. The number of aliphatic carboxylic acids is 1. The van der Waals surface area contributed by atoms with Crippen LogP contribution in [0.25, 0.3) is 0 Å². The lowest BCUT2D eigenvalue weighted by atomic mass is 10.1. The molecule has 0 aliphatic rings. The average Bonchev–Trinajstić information content (AvgIpc) is 2.50. The van der Waals surface area contributed by atoms with Gasteiger partial charge in [-0.05, 0) is 18.6 Å². The van der Waals surface area contributed by atoms with E-state index in [1.54, 1.807) is 0 Å². The third-order valence-electron chi connectivity index (χ3n) is 2.93. The summed E-state index contributed by atoms with van der Waals surface area (Å²) in [7, 11) is 2.64. The van der Waals surface area contributed by atoms with Crippen molar-refractivity contribution in [2.24, 2.45) is 0 Å². The molecule has 0 radical (unpaired) electrons. The zero-order valence-electron chi connectivity index (χ0n) is 12.4. The topological polar surface area (TPSA) is 97.8 Å². The van der Waals surface area contributed by atoms with Crippen molar-refractivity contribution >= 4 is 17.8 Å². The first-order valence-electron chi connectivity index (χ1n) is 6.66. The Kier molecular flexibility index (Phi) is 6.45. The van der Waals surface area contributed by atoms with Crippen LogP contribution >= 0.6 is 0 Å². The van der Waals surface area contributed by atoms with Crippen LogP contribution in [-0.2, 0) is 9.53 Å². The van der Waals surface area contributed by atoms with Gasteiger partial charge in [-0.3, -0.25) is 0 Å². The van der Waals surface area contributed by atoms with Crippen molar-refractivity contribution in [2.45, 2.75) is 32.2 Å². The van der Waals surface area contributed by atoms with E-state index in [-0.39, 0.29) is 11.4 Å². The summed E-state index contributed by atoms with van der Waals surface area (Å²) < 4.78 is 9.65. The van der Waals surface area contributed by atoms with Crippen molar-refractivity contribution in [1.29, 1.82) is 0 Å². The molecule has 0 saturated carbocycles. The van der Waals surface area contributed by atoms with Gasteiger partial charge in [-0.15, -0.1) is 0 Å². The van der Waals surface area contributed by atoms with Crippen LogP contribution in [0.3, 0.4) is 0 Å². The third kappa shape index (κ3) is 4.62. The van der Waals surface area contributed by atoms with E-state index in [4.69, 9.17) is 4.74 Å². The van der Waals surface area contributed by atoms with E-state index >= 15 is 0 Å². The number of rotatable bonds is 8. The maximum atomic E-state index is 11.5. The van der Waals surface area contributed by atoms with Gasteiger partial charge in [0.1, 0.15) is 17.4 Å². The first-order chi connectivity index (χ1) is 10.0. The second-order valence-corrected chi connectivity index (χ2v) is 4.42. The molecule has 0 saturated heterocycles. The maximum absolute atomic E-state index is 11.5. The van der Waals surface area contributed by atoms with Gasteiger partial charge in [-0.2, -0.15) is 4.98 Å². The molecule has 1 atom stereocenters. The monoisotopic (exact) mass is 296 g/mol. The van der Waals surface area contributed by atoms with Gasteiger partial charge in [-0.25, -0.2) is 9.59 Å². The molecule has 1 unspecified atom stereocenters. The fraction of sp³-hybridized carbons (Fsp3) is 0.500. The van der Waals surface area contributed by atoms with Gasteiger partial charge < -0.3 is 19.9 Å². The van der Waals surface area contributed by atoms with Gasteiger partial charge in [0.25, 0.3) is 0 Å². The number of carbonyl (C=O) groups is 2. The summed E-state index contributed by atoms with van der Waals surface area (Å²) in [5, 5.41) is 12.0. The minimum Gasteiger partial charge on any atom is -0.480 e. The third-order valence-corrected chi connectivity index (χ3v) is 2.93. The van der Waals surface area contributed by atoms with Crippen LogP contribution in [-0.4, -0.2) is 42.3 Å². The van der Waals surface area contributed by atoms with E-state index in [2.05, 4.69) is 15.0 Å². The number of hydrogen-bond donors (Lipinski definition) is 2. The first-order valence-corrected chi connectivity index (χ1v) is 6.66. The Morgan fingerprint density at radius 1 is 1.38 bits per heavy atom. The van der Waals surface area contributed by atoms with Crippen LogP contribution in [0.15, 0.2) is 12.1 Å². The molecule has 0 aliphatic carbocycles. The molecule has 7 nitrogen and oxygen atoms in total. The highest BCUT2D eigenvalue weighted by Crippen LogP contribution is 2.20. The second-order valence-electron chi connectivity index (χ2n) is 4.42. The number of carboxylic acids is 1. The Morgan fingerprint density at radius 2 is 2.10 bits per heavy atom. The molecule has 0 spiro atoms. The number of carboxylic acid groups (broad SMARTS) is 1. The van der Waals surface area contributed by atoms with E-state index in [1.807, 2.05) is 6.92 Å². The molecular formula is C14H20N2O5. The molecule has 21 heavy (non-hydrogen) atoms. The summed E-state index contributed by atoms with van der Waals surface area (Å²) in [6, 6.07) is 2.28. The number of unbranched alkanes of at least 4 members (excludes halogenated alkanes) is 1. The highest BCUT2D eigenvalue weighted by molar-refractivity contribution is 5.92. The lowest BCUT2D eigenvalue weighted by molar-refractivity contribution is -0.138. The Morgan fingerprint density at radius 3 is 2.62 bits per heavy atom. The number of hydrogen-bond acceptors (Lipinski definition) is 6. The minimum atomic E-state index is -0.943. The van der Waals surface area contributed by atoms with Crippen LogP contribution in [0.2, 0.25) is 0 Å². The molecule has 0 aromatic carbocycles. The highest BCUT2D eigenvalue weighted by Gasteiger charge is 2.19. The van der Waals surface area contributed by atoms with Crippen LogP contribution in [0, 0.1) is 0 Å². The van der Waals surface area contributed by atoms with Crippen LogP contribution in [0.1, 0.15) is 36.5 Å². The van der Waals surface area contributed by atoms with Gasteiger partial charge >= 0.3 is 11.9 Å². The fourth-order valence-corrected chi connectivity index (χ4v) is 1.79. The Balaban J connectivity index is 2.92. The highest BCUT2D eigenvalue weighted by atomic mass is 16.5. The van der Waals surface area contributed by atoms with Crippen molar-refractivity contribution in [3.05, 3.63) is 17.7 Å². The largest absolute Gasteiger partial charge is 0.480 e. The van der Waals surface area contributed by atoms with Crippen LogP contribution < -0.4 is 10.1 Å². The molecule has 7 heteroatoms. The molecule has 1 heterocycles. The predicted octanol–water partition coefficient (Wildman–Crippen LogP) is 1.93. The van der Waals surface area contributed by atoms with E-state index in [9.17, 15) is 14.7 Å². The maximum Gasteiger partial charge on any atom is 0.343 e. The molecule has 0 aliphatic heterocycles. The number of anilines is 1. The van der Waals surface area contributed by atoms with Gasteiger partial charge in [0.2, 0.25) is 5.88 Å². The first kappa shape index (κ1) is 16.7. The number of nitrogens with zero attached hydrogens (tertiary/aromatic N) is 1. The van der Waals surface area contributed by atoms with Crippen molar-refractivity contribution in [2.75, 3.05) is 19.5 Å². The molecule has 1 aromatic heterocycles. The summed E-state index contributed by atoms with van der Waals surface area (Å²) in [5.41, 5.74) is 0.186. The summed E-state index contributed by atoms with van der Waals surface area (Å²) in [5.74, 6) is -1.08. The number of esters is 1. The quantitative estimate of drug-likeness (QED) is 0.707. The van der Waals surface area contributed by atoms with Crippen molar-refractivity contribution in [3.8, 4) is 5.88 Å². The van der Waals surface area contributed by atoms with Gasteiger partial charge in [-0.1, -0.05) is 19.8 Å². The summed E-state index contributed by atoms with van der Waals surface area (Å²) >= 11 is 0. The predicted molar refractivity (Wildman–Crippen MR) is 76.7 cm³/mol. The SMILES string of the molecule is CCCCC(Nc1ccc(C(=O)OC)c(OC)n1)C(=O)O. The normalized spacial score (nSPS) is 11.6.